The first-order valence-electron chi connectivity index (χ1n) is 9.72. The van der Waals surface area contributed by atoms with Crippen LogP contribution in [0, 0.1) is 6.92 Å². The summed E-state index contributed by atoms with van der Waals surface area (Å²) >= 11 is 6.22. The molecule has 29 heavy (non-hydrogen) atoms. The van der Waals surface area contributed by atoms with Gasteiger partial charge in [-0.3, -0.25) is 4.98 Å². The van der Waals surface area contributed by atoms with Crippen LogP contribution in [0.4, 0.5) is 0 Å². The second kappa shape index (κ2) is 8.27. The fourth-order valence-corrected chi connectivity index (χ4v) is 5.20. The van der Waals surface area contributed by atoms with E-state index in [0.717, 1.165) is 29.1 Å². The molecule has 1 aliphatic carbocycles. The predicted molar refractivity (Wildman–Crippen MR) is 116 cm³/mol. The summed E-state index contributed by atoms with van der Waals surface area (Å²) in [5.41, 5.74) is 5.66. The highest BCUT2D eigenvalue weighted by atomic mass is 35.5. The molecule has 6 heteroatoms. The molecule has 0 spiro atoms. The van der Waals surface area contributed by atoms with Crippen molar-refractivity contribution in [3.05, 3.63) is 93.8 Å². The molecule has 0 saturated carbocycles. The van der Waals surface area contributed by atoms with Gasteiger partial charge < -0.3 is 0 Å². The number of nitrogens with zero attached hydrogens (tertiary/aromatic N) is 1. The number of sulfonamides is 1. The van der Waals surface area contributed by atoms with Crippen LogP contribution in [-0.2, 0) is 22.9 Å². The molecule has 1 heterocycles. The number of hydrogen-bond acceptors (Lipinski definition) is 3. The topological polar surface area (TPSA) is 59.1 Å². The van der Waals surface area contributed by atoms with Gasteiger partial charge in [-0.25, -0.2) is 13.1 Å². The summed E-state index contributed by atoms with van der Waals surface area (Å²) in [5.74, 6) is 0.0293. The number of fused-ring (bicyclic) bond motifs is 2. The van der Waals surface area contributed by atoms with Gasteiger partial charge in [0, 0.05) is 23.7 Å². The van der Waals surface area contributed by atoms with Crippen molar-refractivity contribution in [3.63, 3.8) is 0 Å². The Hall–Kier alpha value is -2.21. The molecule has 0 radical (unpaired) electrons. The van der Waals surface area contributed by atoms with Crippen molar-refractivity contribution in [1.82, 2.24) is 9.71 Å². The summed E-state index contributed by atoms with van der Waals surface area (Å²) in [5, 5.41) is 0.724. The molecule has 1 aromatic heterocycles. The number of aryl methyl sites for hydroxylation is 3. The Morgan fingerprint density at radius 2 is 1.83 bits per heavy atom. The smallest absolute Gasteiger partial charge is 0.240 e. The molecule has 0 amide bonds. The van der Waals surface area contributed by atoms with Crippen molar-refractivity contribution in [2.75, 3.05) is 6.54 Å². The first kappa shape index (κ1) is 20.1. The Morgan fingerprint density at radius 1 is 1.07 bits per heavy atom. The van der Waals surface area contributed by atoms with Gasteiger partial charge in [-0.1, -0.05) is 41.4 Å². The number of hydrogen-bond donors (Lipinski definition) is 1. The SMILES string of the molecule is Cc1ccc(S(=O)(=O)NCCC2c3ccc(Cl)cc3CCc3cccnc32)cc1. The van der Waals surface area contributed by atoms with Gasteiger partial charge in [0.25, 0.3) is 0 Å². The highest BCUT2D eigenvalue weighted by Crippen LogP contribution is 2.36. The normalized spacial score (nSPS) is 16.0. The maximum Gasteiger partial charge on any atom is 0.240 e. The average Bonchev–Trinajstić information content (AvgIpc) is 2.85. The van der Waals surface area contributed by atoms with E-state index in [4.69, 9.17) is 11.6 Å². The van der Waals surface area contributed by atoms with E-state index in [-0.39, 0.29) is 10.8 Å². The third-order valence-corrected chi connectivity index (χ3v) is 7.17. The molecule has 4 rings (SSSR count). The molecule has 1 atom stereocenters. The van der Waals surface area contributed by atoms with E-state index in [1.165, 1.54) is 16.7 Å². The van der Waals surface area contributed by atoms with Crippen molar-refractivity contribution in [3.8, 4) is 0 Å². The zero-order valence-electron chi connectivity index (χ0n) is 16.2. The zero-order valence-corrected chi connectivity index (χ0v) is 17.8. The molecule has 0 bridgehead atoms. The molecule has 1 aliphatic rings. The van der Waals surface area contributed by atoms with Crippen LogP contribution in [0.2, 0.25) is 5.02 Å². The van der Waals surface area contributed by atoms with E-state index in [1.54, 1.807) is 24.3 Å². The van der Waals surface area contributed by atoms with E-state index in [0.29, 0.717) is 13.0 Å². The summed E-state index contributed by atoms with van der Waals surface area (Å²) in [6, 6.07) is 16.9. The first-order chi connectivity index (χ1) is 13.9. The third kappa shape index (κ3) is 4.37. The van der Waals surface area contributed by atoms with Gasteiger partial charge in [-0.2, -0.15) is 0 Å². The van der Waals surface area contributed by atoms with Gasteiger partial charge in [-0.05, 0) is 73.2 Å². The van der Waals surface area contributed by atoms with Gasteiger partial charge in [0.1, 0.15) is 0 Å². The average molecular weight is 427 g/mol. The van der Waals surface area contributed by atoms with Crippen LogP contribution in [0.25, 0.3) is 0 Å². The standard InChI is InChI=1S/C23H23ClN2O2S/c1-16-4-9-20(10-5-16)29(27,28)26-14-12-22-21-11-8-19(24)15-18(21)7-6-17-3-2-13-25-23(17)22/h2-5,8-11,13,15,22,26H,6-7,12,14H2,1H3. The Balaban J connectivity index is 1.59. The van der Waals surface area contributed by atoms with Crippen LogP contribution < -0.4 is 4.72 Å². The summed E-state index contributed by atoms with van der Waals surface area (Å²) in [6.45, 7) is 2.27. The van der Waals surface area contributed by atoms with Crippen LogP contribution in [0.5, 0.6) is 0 Å². The molecule has 0 aliphatic heterocycles. The Kier molecular flexibility index (Phi) is 5.72. The second-order valence-electron chi connectivity index (χ2n) is 7.44. The Morgan fingerprint density at radius 3 is 2.62 bits per heavy atom. The summed E-state index contributed by atoms with van der Waals surface area (Å²) in [7, 11) is -3.54. The van der Waals surface area contributed by atoms with Crippen LogP contribution in [-0.4, -0.2) is 19.9 Å². The number of benzene rings is 2. The van der Waals surface area contributed by atoms with Crippen molar-refractivity contribution in [1.29, 1.82) is 0 Å². The van der Waals surface area contributed by atoms with Gasteiger partial charge in [0.05, 0.1) is 10.6 Å². The number of pyridine rings is 1. The van der Waals surface area contributed by atoms with E-state index in [2.05, 4.69) is 21.8 Å². The molecular formula is C23H23ClN2O2S. The summed E-state index contributed by atoms with van der Waals surface area (Å²) in [6.07, 6.45) is 4.25. The third-order valence-electron chi connectivity index (χ3n) is 5.46. The largest absolute Gasteiger partial charge is 0.260 e. The maximum atomic E-state index is 12.6. The minimum absolute atomic E-state index is 0.0293. The molecule has 0 saturated heterocycles. The summed E-state index contributed by atoms with van der Waals surface area (Å²) < 4.78 is 28.0. The van der Waals surface area contributed by atoms with E-state index >= 15 is 0 Å². The fraction of sp³-hybridized carbons (Fsp3) is 0.261. The monoisotopic (exact) mass is 426 g/mol. The zero-order chi connectivity index (χ0) is 20.4. The lowest BCUT2D eigenvalue weighted by Crippen LogP contribution is -2.26. The summed E-state index contributed by atoms with van der Waals surface area (Å²) in [4.78, 5) is 4.94. The highest BCUT2D eigenvalue weighted by Gasteiger charge is 2.25. The van der Waals surface area contributed by atoms with Crippen molar-refractivity contribution in [2.24, 2.45) is 0 Å². The fourth-order valence-electron chi connectivity index (χ4n) is 3.95. The van der Waals surface area contributed by atoms with E-state index in [1.807, 2.05) is 31.3 Å². The highest BCUT2D eigenvalue weighted by molar-refractivity contribution is 7.89. The predicted octanol–water partition coefficient (Wildman–Crippen LogP) is 4.64. The van der Waals surface area contributed by atoms with Gasteiger partial charge in [-0.15, -0.1) is 0 Å². The molecule has 150 valence electrons. The van der Waals surface area contributed by atoms with Crippen molar-refractivity contribution in [2.45, 2.75) is 37.0 Å². The first-order valence-corrected chi connectivity index (χ1v) is 11.6. The Labute approximate surface area is 177 Å². The molecule has 1 N–H and O–H groups in total. The van der Waals surface area contributed by atoms with Crippen LogP contribution in [0.1, 0.15) is 40.3 Å². The lowest BCUT2D eigenvalue weighted by Gasteiger charge is -2.20. The second-order valence-corrected chi connectivity index (χ2v) is 9.65. The van der Waals surface area contributed by atoms with E-state index < -0.39 is 10.0 Å². The van der Waals surface area contributed by atoms with Crippen LogP contribution in [0.3, 0.4) is 0 Å². The maximum absolute atomic E-state index is 12.6. The lowest BCUT2D eigenvalue weighted by molar-refractivity contribution is 0.574. The molecule has 3 aromatic rings. The van der Waals surface area contributed by atoms with Crippen molar-refractivity contribution >= 4 is 21.6 Å². The molecule has 1 unspecified atom stereocenters. The molecule has 4 nitrogen and oxygen atoms in total. The molecular weight excluding hydrogens is 404 g/mol. The molecule has 2 aromatic carbocycles. The van der Waals surface area contributed by atoms with Crippen LogP contribution >= 0.6 is 11.6 Å². The number of aromatic nitrogens is 1. The van der Waals surface area contributed by atoms with Gasteiger partial charge >= 0.3 is 0 Å². The Bertz CT molecular complexity index is 1130. The van der Waals surface area contributed by atoms with Gasteiger partial charge in [0.2, 0.25) is 10.0 Å². The van der Waals surface area contributed by atoms with Crippen molar-refractivity contribution < 1.29 is 8.42 Å². The van der Waals surface area contributed by atoms with Crippen LogP contribution in [0.15, 0.2) is 65.7 Å². The number of rotatable bonds is 5. The molecule has 0 fully saturated rings. The quantitative estimate of drug-likeness (QED) is 0.646. The number of halogens is 1. The minimum atomic E-state index is -3.54. The minimum Gasteiger partial charge on any atom is -0.260 e. The van der Waals surface area contributed by atoms with Gasteiger partial charge in [0.15, 0.2) is 0 Å². The lowest BCUT2D eigenvalue weighted by atomic mass is 9.89. The van der Waals surface area contributed by atoms with E-state index in [9.17, 15) is 8.42 Å². The number of nitrogens with one attached hydrogen (secondary N) is 1.